The number of rotatable bonds is 7. The van der Waals surface area contributed by atoms with Gasteiger partial charge in [-0.25, -0.2) is 0 Å². The van der Waals surface area contributed by atoms with Crippen LogP contribution in [0.15, 0.2) is 47.5 Å². The standard InChI is InChI=1S/C20H24F3N3O2.HI/c1-24-19(26-13-15-5-4-6-17(27-2)18(15)28-3)25-12-11-14-7-9-16(10-8-14)20(21,22)23;/h4-10H,11-13H2,1-3H3,(H2,24,25,26);1H. The van der Waals surface area contributed by atoms with Crippen molar-refractivity contribution >= 4 is 29.9 Å². The maximum Gasteiger partial charge on any atom is 0.416 e. The summed E-state index contributed by atoms with van der Waals surface area (Å²) >= 11 is 0. The van der Waals surface area contributed by atoms with E-state index in [9.17, 15) is 13.2 Å². The van der Waals surface area contributed by atoms with Crippen molar-refractivity contribution in [1.29, 1.82) is 0 Å². The Hall–Kier alpha value is -2.17. The minimum absolute atomic E-state index is 0. The first-order chi connectivity index (χ1) is 13.4. The monoisotopic (exact) mass is 523 g/mol. The van der Waals surface area contributed by atoms with Gasteiger partial charge < -0.3 is 20.1 Å². The number of aliphatic imine (C=N–C) groups is 1. The van der Waals surface area contributed by atoms with Crippen LogP contribution in [0.3, 0.4) is 0 Å². The molecule has 0 unspecified atom stereocenters. The summed E-state index contributed by atoms with van der Waals surface area (Å²) in [5, 5.41) is 6.33. The lowest BCUT2D eigenvalue weighted by Crippen LogP contribution is -2.37. The first-order valence-electron chi connectivity index (χ1n) is 8.69. The van der Waals surface area contributed by atoms with Crippen LogP contribution in [-0.4, -0.2) is 33.8 Å². The Morgan fingerprint density at radius 2 is 1.69 bits per heavy atom. The molecule has 0 radical (unpaired) electrons. The van der Waals surface area contributed by atoms with E-state index in [0.29, 0.717) is 37.0 Å². The van der Waals surface area contributed by atoms with Crippen LogP contribution in [0.4, 0.5) is 13.2 Å². The highest BCUT2D eigenvalue weighted by atomic mass is 127. The Kier molecular flexibility index (Phi) is 10.1. The summed E-state index contributed by atoms with van der Waals surface area (Å²) in [5.41, 5.74) is 1.08. The summed E-state index contributed by atoms with van der Waals surface area (Å²) in [6.07, 6.45) is -3.74. The Bertz CT molecular complexity index is 797. The first kappa shape index (κ1) is 24.9. The van der Waals surface area contributed by atoms with E-state index in [1.807, 2.05) is 18.2 Å². The maximum atomic E-state index is 12.6. The molecule has 0 aliphatic carbocycles. The fourth-order valence-electron chi connectivity index (χ4n) is 2.68. The van der Waals surface area contributed by atoms with Crippen molar-refractivity contribution in [2.24, 2.45) is 4.99 Å². The second-order valence-corrected chi connectivity index (χ2v) is 5.95. The average molecular weight is 523 g/mol. The molecule has 0 amide bonds. The van der Waals surface area contributed by atoms with Crippen molar-refractivity contribution in [2.45, 2.75) is 19.1 Å². The van der Waals surface area contributed by atoms with Gasteiger partial charge in [0.1, 0.15) is 0 Å². The van der Waals surface area contributed by atoms with Gasteiger partial charge in [0, 0.05) is 25.7 Å². The Labute approximate surface area is 185 Å². The molecule has 29 heavy (non-hydrogen) atoms. The Morgan fingerprint density at radius 3 is 2.24 bits per heavy atom. The summed E-state index contributed by atoms with van der Waals surface area (Å²) in [5.74, 6) is 1.88. The number of hydrogen-bond donors (Lipinski definition) is 2. The fraction of sp³-hybridized carbons (Fsp3) is 0.350. The SMILES string of the molecule is CN=C(NCCc1ccc(C(F)(F)F)cc1)NCc1cccc(OC)c1OC.I. The van der Waals surface area contributed by atoms with Gasteiger partial charge in [-0.05, 0) is 30.2 Å². The lowest BCUT2D eigenvalue weighted by molar-refractivity contribution is -0.137. The van der Waals surface area contributed by atoms with Gasteiger partial charge in [-0.15, -0.1) is 24.0 Å². The zero-order valence-corrected chi connectivity index (χ0v) is 18.8. The lowest BCUT2D eigenvalue weighted by atomic mass is 10.1. The summed E-state index contributed by atoms with van der Waals surface area (Å²) in [4.78, 5) is 4.15. The normalized spacial score (nSPS) is 11.4. The van der Waals surface area contributed by atoms with E-state index < -0.39 is 11.7 Å². The minimum atomic E-state index is -4.32. The van der Waals surface area contributed by atoms with Crippen LogP contribution < -0.4 is 20.1 Å². The van der Waals surface area contributed by atoms with Crippen LogP contribution in [0.1, 0.15) is 16.7 Å². The van der Waals surface area contributed by atoms with E-state index in [1.54, 1.807) is 21.3 Å². The lowest BCUT2D eigenvalue weighted by Gasteiger charge is -2.15. The van der Waals surface area contributed by atoms with Crippen molar-refractivity contribution in [3.63, 3.8) is 0 Å². The quantitative estimate of drug-likeness (QED) is 0.324. The molecule has 0 fully saturated rings. The molecular weight excluding hydrogens is 498 g/mol. The largest absolute Gasteiger partial charge is 0.493 e. The molecule has 0 saturated carbocycles. The van der Waals surface area contributed by atoms with Crippen molar-refractivity contribution in [3.8, 4) is 11.5 Å². The van der Waals surface area contributed by atoms with Crippen LogP contribution in [-0.2, 0) is 19.1 Å². The molecule has 2 aromatic carbocycles. The molecule has 2 rings (SSSR count). The van der Waals surface area contributed by atoms with Crippen LogP contribution >= 0.6 is 24.0 Å². The smallest absolute Gasteiger partial charge is 0.416 e. The highest BCUT2D eigenvalue weighted by molar-refractivity contribution is 14.0. The molecule has 160 valence electrons. The Balaban J connectivity index is 0.00000420. The predicted molar refractivity (Wildman–Crippen MR) is 118 cm³/mol. The summed E-state index contributed by atoms with van der Waals surface area (Å²) in [6.45, 7) is 1.00. The molecule has 0 aliphatic rings. The van der Waals surface area contributed by atoms with Gasteiger partial charge in [-0.1, -0.05) is 24.3 Å². The molecule has 0 atom stereocenters. The van der Waals surface area contributed by atoms with E-state index in [0.717, 1.165) is 23.3 Å². The zero-order valence-electron chi connectivity index (χ0n) is 16.5. The van der Waals surface area contributed by atoms with Crippen molar-refractivity contribution in [3.05, 3.63) is 59.2 Å². The van der Waals surface area contributed by atoms with E-state index in [1.165, 1.54) is 12.1 Å². The van der Waals surface area contributed by atoms with Gasteiger partial charge in [-0.2, -0.15) is 13.2 Å². The van der Waals surface area contributed by atoms with Crippen molar-refractivity contribution < 1.29 is 22.6 Å². The number of ether oxygens (including phenoxy) is 2. The Morgan fingerprint density at radius 1 is 1.00 bits per heavy atom. The number of alkyl halides is 3. The van der Waals surface area contributed by atoms with E-state index in [4.69, 9.17) is 9.47 Å². The predicted octanol–water partition coefficient (Wildman–Crippen LogP) is 4.25. The topological polar surface area (TPSA) is 54.9 Å². The molecule has 0 aliphatic heterocycles. The first-order valence-corrected chi connectivity index (χ1v) is 8.69. The van der Waals surface area contributed by atoms with Crippen molar-refractivity contribution in [2.75, 3.05) is 27.8 Å². The highest BCUT2D eigenvalue weighted by Gasteiger charge is 2.29. The molecule has 0 saturated heterocycles. The van der Waals surface area contributed by atoms with Crippen LogP contribution in [0, 0.1) is 0 Å². The number of hydrogen-bond acceptors (Lipinski definition) is 3. The van der Waals surface area contributed by atoms with Gasteiger partial charge in [0.15, 0.2) is 17.5 Å². The number of guanidine groups is 1. The third-order valence-corrected chi connectivity index (χ3v) is 4.14. The van der Waals surface area contributed by atoms with Gasteiger partial charge in [-0.3, -0.25) is 4.99 Å². The van der Waals surface area contributed by atoms with Crippen LogP contribution in [0.5, 0.6) is 11.5 Å². The zero-order chi connectivity index (χ0) is 20.6. The van der Waals surface area contributed by atoms with Crippen LogP contribution in [0.2, 0.25) is 0 Å². The second kappa shape index (κ2) is 11.7. The molecule has 2 N–H and O–H groups in total. The number of para-hydroxylation sites is 1. The van der Waals surface area contributed by atoms with Gasteiger partial charge >= 0.3 is 6.18 Å². The highest BCUT2D eigenvalue weighted by Crippen LogP contribution is 2.30. The molecule has 0 bridgehead atoms. The number of benzene rings is 2. The number of halogens is 4. The maximum absolute atomic E-state index is 12.6. The molecule has 0 heterocycles. The number of nitrogens with zero attached hydrogens (tertiary/aromatic N) is 1. The molecule has 5 nitrogen and oxygen atoms in total. The fourth-order valence-corrected chi connectivity index (χ4v) is 2.68. The minimum Gasteiger partial charge on any atom is -0.493 e. The van der Waals surface area contributed by atoms with Crippen molar-refractivity contribution in [1.82, 2.24) is 10.6 Å². The van der Waals surface area contributed by atoms with E-state index in [2.05, 4.69) is 15.6 Å². The molecule has 0 aromatic heterocycles. The van der Waals surface area contributed by atoms with Gasteiger partial charge in [0.05, 0.1) is 19.8 Å². The molecule has 9 heteroatoms. The molecule has 0 spiro atoms. The van der Waals surface area contributed by atoms with Crippen LogP contribution in [0.25, 0.3) is 0 Å². The second-order valence-electron chi connectivity index (χ2n) is 5.95. The molecular formula is C20H25F3IN3O2. The third kappa shape index (κ3) is 7.30. The van der Waals surface area contributed by atoms with E-state index >= 15 is 0 Å². The van der Waals surface area contributed by atoms with E-state index in [-0.39, 0.29) is 24.0 Å². The number of methoxy groups -OCH3 is 2. The van der Waals surface area contributed by atoms with Gasteiger partial charge in [0.2, 0.25) is 0 Å². The average Bonchev–Trinajstić information content (AvgIpc) is 2.69. The van der Waals surface area contributed by atoms with Gasteiger partial charge in [0.25, 0.3) is 0 Å². The molecule has 2 aromatic rings. The summed E-state index contributed by atoms with van der Waals surface area (Å²) in [7, 11) is 4.81. The summed E-state index contributed by atoms with van der Waals surface area (Å²) in [6, 6.07) is 10.8. The number of nitrogens with one attached hydrogen (secondary N) is 2. The summed E-state index contributed by atoms with van der Waals surface area (Å²) < 4.78 is 48.5. The third-order valence-electron chi connectivity index (χ3n) is 4.14.